The van der Waals surface area contributed by atoms with Crippen molar-refractivity contribution >= 4 is 11.9 Å². The highest BCUT2D eigenvalue weighted by molar-refractivity contribution is 5.78. The van der Waals surface area contributed by atoms with Crippen LogP contribution < -0.4 is 5.32 Å². The number of carbonyl (C=O) groups excluding carboxylic acids is 1. The summed E-state index contributed by atoms with van der Waals surface area (Å²) >= 11 is 0. The molecule has 7 heteroatoms. The molecule has 0 bridgehead atoms. The number of nitrogens with one attached hydrogen (secondary N) is 1. The summed E-state index contributed by atoms with van der Waals surface area (Å²) in [6.45, 7) is 0. The molecule has 0 spiro atoms. The summed E-state index contributed by atoms with van der Waals surface area (Å²) in [7, 11) is 0. The largest absolute Gasteiger partial charge is 0.481 e. The molecule has 0 aromatic carbocycles. The maximum absolute atomic E-state index is 12.6. The number of hydrogen-bond donors (Lipinski definition) is 2. The van der Waals surface area contributed by atoms with Crippen LogP contribution in [0.2, 0.25) is 0 Å². The zero-order valence-corrected chi connectivity index (χ0v) is 12.4. The number of hydrogen-bond acceptors (Lipinski definition) is 2. The SMILES string of the molecule is O=C(CC1CCC(C(F)(F)F)CC1)N[C@H]1CCC[C@H]1C(=O)O. The van der Waals surface area contributed by atoms with Crippen LogP contribution >= 0.6 is 0 Å². The highest BCUT2D eigenvalue weighted by Gasteiger charge is 2.41. The average Bonchev–Trinajstić information content (AvgIpc) is 2.86. The molecule has 2 saturated carbocycles. The lowest BCUT2D eigenvalue weighted by Gasteiger charge is -2.29. The first kappa shape index (κ1) is 17.1. The number of aliphatic carboxylic acids is 1. The van der Waals surface area contributed by atoms with E-state index in [1.807, 2.05) is 0 Å². The van der Waals surface area contributed by atoms with E-state index >= 15 is 0 Å². The van der Waals surface area contributed by atoms with E-state index in [0.29, 0.717) is 25.7 Å². The second-order valence-electron chi connectivity index (χ2n) is 6.51. The summed E-state index contributed by atoms with van der Waals surface area (Å²) in [6, 6.07) is -0.337. The predicted octanol–water partition coefficient (Wildman–Crippen LogP) is 3.11. The van der Waals surface area contributed by atoms with E-state index in [9.17, 15) is 22.8 Å². The minimum absolute atomic E-state index is 0.0247. The van der Waals surface area contributed by atoms with Crippen LogP contribution in [0.15, 0.2) is 0 Å². The fraction of sp³-hybridized carbons (Fsp3) is 0.867. The smallest absolute Gasteiger partial charge is 0.391 e. The van der Waals surface area contributed by atoms with Gasteiger partial charge in [-0.3, -0.25) is 9.59 Å². The van der Waals surface area contributed by atoms with Crippen LogP contribution in [0.3, 0.4) is 0 Å². The topological polar surface area (TPSA) is 66.4 Å². The van der Waals surface area contributed by atoms with Gasteiger partial charge < -0.3 is 10.4 Å². The predicted molar refractivity (Wildman–Crippen MR) is 73.0 cm³/mol. The van der Waals surface area contributed by atoms with Crippen LogP contribution in [0.5, 0.6) is 0 Å². The Bertz CT molecular complexity index is 417. The van der Waals surface area contributed by atoms with Gasteiger partial charge in [0.15, 0.2) is 0 Å². The Morgan fingerprint density at radius 3 is 2.23 bits per heavy atom. The molecule has 22 heavy (non-hydrogen) atoms. The number of rotatable bonds is 4. The minimum Gasteiger partial charge on any atom is -0.481 e. The van der Waals surface area contributed by atoms with Gasteiger partial charge in [0, 0.05) is 12.5 Å². The molecule has 2 rings (SSSR count). The van der Waals surface area contributed by atoms with Crippen molar-refractivity contribution in [3.63, 3.8) is 0 Å². The van der Waals surface area contributed by atoms with Crippen LogP contribution in [-0.2, 0) is 9.59 Å². The molecule has 0 unspecified atom stereocenters. The van der Waals surface area contributed by atoms with Gasteiger partial charge in [-0.1, -0.05) is 6.42 Å². The summed E-state index contributed by atoms with van der Waals surface area (Å²) in [6.07, 6.45) is -0.946. The number of amides is 1. The number of carboxylic acid groups (broad SMARTS) is 1. The molecule has 2 aliphatic carbocycles. The fourth-order valence-electron chi connectivity index (χ4n) is 3.65. The quantitative estimate of drug-likeness (QED) is 0.836. The lowest BCUT2D eigenvalue weighted by Crippen LogP contribution is -2.41. The standard InChI is InChI=1S/C15H22F3NO3/c16-15(17,18)10-6-4-9(5-7-10)8-13(20)19-12-3-1-2-11(12)14(21)22/h9-12H,1-8H2,(H,19,20)(H,21,22)/t9?,10?,11-,12+/m1/s1. The van der Waals surface area contributed by atoms with E-state index in [1.165, 1.54) is 0 Å². The van der Waals surface area contributed by atoms with Crippen molar-refractivity contribution in [1.82, 2.24) is 5.32 Å². The second kappa shape index (κ2) is 6.87. The summed E-state index contributed by atoms with van der Waals surface area (Å²) < 4.78 is 37.8. The maximum Gasteiger partial charge on any atom is 0.391 e. The molecule has 0 heterocycles. The zero-order valence-electron chi connectivity index (χ0n) is 12.4. The zero-order chi connectivity index (χ0) is 16.3. The normalized spacial score (nSPS) is 32.7. The van der Waals surface area contributed by atoms with Crippen LogP contribution in [0.25, 0.3) is 0 Å². The van der Waals surface area contributed by atoms with E-state index in [-0.39, 0.29) is 37.1 Å². The van der Waals surface area contributed by atoms with Gasteiger partial charge in [-0.25, -0.2) is 0 Å². The molecule has 2 aliphatic rings. The average molecular weight is 321 g/mol. The van der Waals surface area contributed by atoms with Crippen molar-refractivity contribution < 1.29 is 27.9 Å². The van der Waals surface area contributed by atoms with Gasteiger partial charge in [0.2, 0.25) is 5.91 Å². The van der Waals surface area contributed by atoms with E-state index in [0.717, 1.165) is 6.42 Å². The summed E-state index contributed by atoms with van der Waals surface area (Å²) in [5, 5.41) is 11.8. The van der Waals surface area contributed by atoms with Gasteiger partial charge >= 0.3 is 12.1 Å². The Labute approximate surface area is 127 Å². The maximum atomic E-state index is 12.6. The van der Waals surface area contributed by atoms with Gasteiger partial charge in [0.1, 0.15) is 0 Å². The van der Waals surface area contributed by atoms with Crippen molar-refractivity contribution in [1.29, 1.82) is 0 Å². The van der Waals surface area contributed by atoms with Crippen molar-refractivity contribution in [3.8, 4) is 0 Å². The molecule has 1 amide bonds. The Hall–Kier alpha value is -1.27. The summed E-state index contributed by atoms with van der Waals surface area (Å²) in [5.41, 5.74) is 0. The van der Waals surface area contributed by atoms with Crippen LogP contribution in [-0.4, -0.2) is 29.2 Å². The minimum atomic E-state index is -4.13. The molecule has 2 N–H and O–H groups in total. The Kier molecular flexibility index (Phi) is 5.34. The molecule has 2 fully saturated rings. The van der Waals surface area contributed by atoms with Crippen molar-refractivity contribution in [2.45, 2.75) is 63.6 Å². The lowest BCUT2D eigenvalue weighted by molar-refractivity contribution is -0.184. The van der Waals surface area contributed by atoms with E-state index in [2.05, 4.69) is 5.32 Å². The number of carbonyl (C=O) groups is 2. The van der Waals surface area contributed by atoms with Gasteiger partial charge in [0.25, 0.3) is 0 Å². The van der Waals surface area contributed by atoms with E-state index in [1.54, 1.807) is 0 Å². The number of alkyl halides is 3. The highest BCUT2D eigenvalue weighted by Crippen LogP contribution is 2.40. The van der Waals surface area contributed by atoms with E-state index in [4.69, 9.17) is 5.11 Å². The first-order valence-electron chi connectivity index (χ1n) is 7.86. The Balaban J connectivity index is 1.75. The van der Waals surface area contributed by atoms with Gasteiger partial charge in [-0.05, 0) is 44.4 Å². The molecular formula is C15H22F3NO3. The third kappa shape index (κ3) is 4.36. The molecule has 0 saturated heterocycles. The Morgan fingerprint density at radius 1 is 1.05 bits per heavy atom. The van der Waals surface area contributed by atoms with Crippen molar-refractivity contribution in [2.24, 2.45) is 17.8 Å². The molecular weight excluding hydrogens is 299 g/mol. The van der Waals surface area contributed by atoms with E-state index < -0.39 is 24.0 Å². The molecule has 0 aromatic heterocycles. The first-order chi connectivity index (χ1) is 10.3. The fourth-order valence-corrected chi connectivity index (χ4v) is 3.65. The van der Waals surface area contributed by atoms with Gasteiger partial charge in [0.05, 0.1) is 11.8 Å². The third-order valence-corrected chi connectivity index (χ3v) is 4.96. The number of carboxylic acids is 1. The molecule has 2 atom stereocenters. The van der Waals surface area contributed by atoms with Crippen LogP contribution in [0, 0.1) is 17.8 Å². The van der Waals surface area contributed by atoms with Crippen molar-refractivity contribution in [3.05, 3.63) is 0 Å². The molecule has 0 aliphatic heterocycles. The third-order valence-electron chi connectivity index (χ3n) is 4.96. The van der Waals surface area contributed by atoms with Crippen LogP contribution in [0.4, 0.5) is 13.2 Å². The molecule has 0 aromatic rings. The number of halogens is 3. The molecule has 126 valence electrons. The van der Waals surface area contributed by atoms with Gasteiger partial charge in [-0.15, -0.1) is 0 Å². The molecule has 4 nitrogen and oxygen atoms in total. The summed E-state index contributed by atoms with van der Waals surface area (Å²) in [5.74, 6) is -2.92. The second-order valence-corrected chi connectivity index (χ2v) is 6.51. The van der Waals surface area contributed by atoms with Crippen LogP contribution in [0.1, 0.15) is 51.4 Å². The monoisotopic (exact) mass is 321 g/mol. The van der Waals surface area contributed by atoms with Crippen molar-refractivity contribution in [2.75, 3.05) is 0 Å². The molecule has 0 radical (unpaired) electrons. The first-order valence-corrected chi connectivity index (χ1v) is 7.86. The summed E-state index contributed by atoms with van der Waals surface area (Å²) in [4.78, 5) is 23.0. The highest BCUT2D eigenvalue weighted by atomic mass is 19.4. The lowest BCUT2D eigenvalue weighted by atomic mass is 9.80. The Morgan fingerprint density at radius 2 is 1.68 bits per heavy atom. The van der Waals surface area contributed by atoms with Gasteiger partial charge in [-0.2, -0.15) is 13.2 Å².